The Labute approximate surface area is 318 Å². The van der Waals surface area contributed by atoms with Crippen molar-refractivity contribution in [2.75, 3.05) is 0 Å². The standard InChI is InChI=1S/C51H43N3/c1-6-7-11-25-43-33-41-32-39(29-31-48(41)54(43)42-23-16-10-17-24-42)40-28-30-44-47(34-40)51(4,5)46-27-18-26-45(49(44)46)50(52-35(2)37-19-12-8-13-20-37)53-36(3)38-21-14-9-15-22-38/h6-34H,2H2,1,3-5H3/b7-6-,25-11-,52-50?,53-36?. The predicted molar refractivity (Wildman–Crippen MR) is 231 cm³/mol. The SMILES string of the molecule is C=C(N=C(N=C(C)c1ccccc1)c1cccc2c1-c1ccc(-c3ccc4c(c3)cc(/C=C\C=C/C)n4-c3ccccc3)cc1C2(C)C)c1ccccc1. The highest BCUT2D eigenvalue weighted by atomic mass is 15.0. The second-order valence-corrected chi connectivity index (χ2v) is 14.3. The first-order valence-electron chi connectivity index (χ1n) is 18.6. The van der Waals surface area contributed by atoms with E-state index in [0.29, 0.717) is 11.5 Å². The van der Waals surface area contributed by atoms with Gasteiger partial charge in [0, 0.05) is 33.5 Å². The van der Waals surface area contributed by atoms with E-state index < -0.39 is 0 Å². The maximum Gasteiger partial charge on any atom is 0.160 e. The van der Waals surface area contributed by atoms with Crippen molar-refractivity contribution in [3.05, 3.63) is 210 Å². The highest BCUT2D eigenvalue weighted by Crippen LogP contribution is 2.51. The van der Waals surface area contributed by atoms with E-state index in [1.165, 1.54) is 44.3 Å². The molecule has 262 valence electrons. The fraction of sp³-hybridized carbons (Fsp3) is 0.0980. The van der Waals surface area contributed by atoms with E-state index in [-0.39, 0.29) is 5.41 Å². The summed E-state index contributed by atoms with van der Waals surface area (Å²) in [5.41, 5.74) is 15.2. The Bertz CT molecular complexity index is 2630. The van der Waals surface area contributed by atoms with Crippen LogP contribution in [-0.2, 0) is 5.41 Å². The predicted octanol–water partition coefficient (Wildman–Crippen LogP) is 13.1. The second-order valence-electron chi connectivity index (χ2n) is 14.3. The van der Waals surface area contributed by atoms with Gasteiger partial charge < -0.3 is 4.57 Å². The van der Waals surface area contributed by atoms with Crippen LogP contribution in [0.4, 0.5) is 0 Å². The number of hydrogen-bond acceptors (Lipinski definition) is 1. The van der Waals surface area contributed by atoms with Crippen molar-refractivity contribution in [3.8, 4) is 27.9 Å². The third-order valence-corrected chi connectivity index (χ3v) is 10.5. The molecule has 0 spiro atoms. The topological polar surface area (TPSA) is 29.6 Å². The van der Waals surface area contributed by atoms with Gasteiger partial charge in [-0.1, -0.05) is 154 Å². The van der Waals surface area contributed by atoms with Gasteiger partial charge in [0.05, 0.1) is 11.2 Å². The average Bonchev–Trinajstić information content (AvgIpc) is 3.69. The number of aromatic nitrogens is 1. The molecule has 1 heterocycles. The van der Waals surface area contributed by atoms with Crippen molar-refractivity contribution in [2.24, 2.45) is 9.98 Å². The van der Waals surface area contributed by atoms with E-state index in [0.717, 1.165) is 33.8 Å². The molecule has 0 saturated heterocycles. The Balaban J connectivity index is 1.24. The van der Waals surface area contributed by atoms with Crippen LogP contribution >= 0.6 is 0 Å². The minimum Gasteiger partial charge on any atom is -0.310 e. The van der Waals surface area contributed by atoms with Gasteiger partial charge in [-0.3, -0.25) is 0 Å². The van der Waals surface area contributed by atoms with Crippen LogP contribution in [0.15, 0.2) is 186 Å². The van der Waals surface area contributed by atoms with Gasteiger partial charge in [-0.2, -0.15) is 0 Å². The molecule has 54 heavy (non-hydrogen) atoms. The molecule has 1 aliphatic rings. The van der Waals surface area contributed by atoms with Crippen LogP contribution in [0.1, 0.15) is 61.2 Å². The normalized spacial score (nSPS) is 13.9. The number of aliphatic imine (C=N–C) groups is 2. The molecule has 6 aromatic carbocycles. The van der Waals surface area contributed by atoms with Gasteiger partial charge in [-0.05, 0) is 101 Å². The first-order chi connectivity index (χ1) is 26.3. The number of fused-ring (bicyclic) bond motifs is 4. The molecule has 0 unspecified atom stereocenters. The van der Waals surface area contributed by atoms with E-state index in [9.17, 15) is 0 Å². The number of allylic oxidation sites excluding steroid dienone is 3. The van der Waals surface area contributed by atoms with E-state index in [4.69, 9.17) is 9.98 Å². The molecular weight excluding hydrogens is 655 g/mol. The molecule has 0 saturated carbocycles. The van der Waals surface area contributed by atoms with Crippen LogP contribution in [0.25, 0.3) is 50.6 Å². The van der Waals surface area contributed by atoms with E-state index >= 15 is 0 Å². The number of amidine groups is 1. The lowest BCUT2D eigenvalue weighted by molar-refractivity contribution is 0.660. The van der Waals surface area contributed by atoms with Crippen molar-refractivity contribution in [3.63, 3.8) is 0 Å². The fourth-order valence-electron chi connectivity index (χ4n) is 7.69. The van der Waals surface area contributed by atoms with E-state index in [1.807, 2.05) is 55.5 Å². The third kappa shape index (κ3) is 6.39. The average molecular weight is 698 g/mol. The summed E-state index contributed by atoms with van der Waals surface area (Å²) >= 11 is 0. The molecule has 7 aromatic rings. The summed E-state index contributed by atoms with van der Waals surface area (Å²) in [6.45, 7) is 13.1. The summed E-state index contributed by atoms with van der Waals surface area (Å²) in [5, 5.41) is 1.20. The van der Waals surface area contributed by atoms with Crippen LogP contribution in [0.5, 0.6) is 0 Å². The molecule has 0 amide bonds. The molecule has 0 fully saturated rings. The highest BCUT2D eigenvalue weighted by Gasteiger charge is 2.37. The minimum absolute atomic E-state index is 0.234. The van der Waals surface area contributed by atoms with Gasteiger partial charge in [0.25, 0.3) is 0 Å². The maximum absolute atomic E-state index is 5.22. The largest absolute Gasteiger partial charge is 0.310 e. The summed E-state index contributed by atoms with van der Waals surface area (Å²) in [5.74, 6) is 0.655. The molecule has 3 heteroatoms. The summed E-state index contributed by atoms with van der Waals surface area (Å²) in [6, 6.07) is 53.6. The summed E-state index contributed by atoms with van der Waals surface area (Å²) < 4.78 is 2.33. The Hall–Kier alpha value is -6.58. The number of rotatable bonds is 8. The van der Waals surface area contributed by atoms with E-state index in [2.05, 4.69) is 159 Å². The van der Waals surface area contributed by atoms with Gasteiger partial charge in [-0.25, -0.2) is 9.98 Å². The van der Waals surface area contributed by atoms with Crippen LogP contribution < -0.4 is 0 Å². The fourth-order valence-corrected chi connectivity index (χ4v) is 7.69. The number of benzene rings is 6. The summed E-state index contributed by atoms with van der Waals surface area (Å²) in [7, 11) is 0. The van der Waals surface area contributed by atoms with Crippen molar-refractivity contribution in [2.45, 2.75) is 33.1 Å². The summed E-state index contributed by atoms with van der Waals surface area (Å²) in [4.78, 5) is 10.4. The molecule has 0 aliphatic heterocycles. The number of para-hydroxylation sites is 1. The van der Waals surface area contributed by atoms with Crippen LogP contribution in [0.3, 0.4) is 0 Å². The first-order valence-corrected chi connectivity index (χ1v) is 18.6. The summed E-state index contributed by atoms with van der Waals surface area (Å²) in [6.07, 6.45) is 8.40. The maximum atomic E-state index is 5.22. The van der Waals surface area contributed by atoms with Gasteiger partial charge in [0.15, 0.2) is 5.84 Å². The molecular formula is C51H43N3. The van der Waals surface area contributed by atoms with Crippen molar-refractivity contribution in [1.82, 2.24) is 4.57 Å². The van der Waals surface area contributed by atoms with Gasteiger partial charge in [0.1, 0.15) is 0 Å². The number of nitrogens with zero attached hydrogens (tertiary/aromatic N) is 3. The molecule has 8 rings (SSSR count). The van der Waals surface area contributed by atoms with Crippen molar-refractivity contribution < 1.29 is 0 Å². The molecule has 0 radical (unpaired) electrons. The zero-order valence-electron chi connectivity index (χ0n) is 31.3. The lowest BCUT2D eigenvalue weighted by Crippen LogP contribution is -2.15. The molecule has 0 bridgehead atoms. The Morgan fingerprint density at radius 1 is 0.648 bits per heavy atom. The molecule has 0 atom stereocenters. The zero-order chi connectivity index (χ0) is 37.2. The second kappa shape index (κ2) is 14.4. The molecule has 3 nitrogen and oxygen atoms in total. The van der Waals surface area contributed by atoms with Gasteiger partial charge in [-0.15, -0.1) is 0 Å². The molecule has 0 N–H and O–H groups in total. The Morgan fingerprint density at radius 3 is 2.04 bits per heavy atom. The lowest BCUT2D eigenvalue weighted by atomic mass is 9.81. The Kier molecular flexibility index (Phi) is 9.23. The van der Waals surface area contributed by atoms with Crippen LogP contribution in [-0.4, -0.2) is 16.1 Å². The minimum atomic E-state index is -0.234. The van der Waals surface area contributed by atoms with Crippen molar-refractivity contribution in [1.29, 1.82) is 0 Å². The van der Waals surface area contributed by atoms with Gasteiger partial charge >= 0.3 is 0 Å². The first kappa shape index (κ1) is 34.5. The lowest BCUT2D eigenvalue weighted by Gasteiger charge is -2.22. The third-order valence-electron chi connectivity index (χ3n) is 10.5. The molecule has 1 aromatic heterocycles. The molecule has 1 aliphatic carbocycles. The van der Waals surface area contributed by atoms with Crippen molar-refractivity contribution >= 4 is 34.2 Å². The smallest absolute Gasteiger partial charge is 0.160 e. The quantitative estimate of drug-likeness (QED) is 0.0860. The highest BCUT2D eigenvalue weighted by molar-refractivity contribution is 6.16. The van der Waals surface area contributed by atoms with Gasteiger partial charge in [0.2, 0.25) is 0 Å². The monoisotopic (exact) mass is 697 g/mol. The Morgan fingerprint density at radius 2 is 1.31 bits per heavy atom. The zero-order valence-corrected chi connectivity index (χ0v) is 31.3. The number of hydrogen-bond donors (Lipinski definition) is 0. The van der Waals surface area contributed by atoms with Crippen LogP contribution in [0, 0.1) is 0 Å². The van der Waals surface area contributed by atoms with Crippen LogP contribution in [0.2, 0.25) is 0 Å². The van der Waals surface area contributed by atoms with E-state index in [1.54, 1.807) is 0 Å².